The van der Waals surface area contributed by atoms with Crippen LogP contribution in [0.5, 0.6) is 0 Å². The number of amides is 1. The van der Waals surface area contributed by atoms with Gasteiger partial charge < -0.3 is 4.90 Å². The average Bonchev–Trinajstić information content (AvgIpc) is 2.93. The number of hydrogen-bond acceptors (Lipinski definition) is 3. The Balaban J connectivity index is 2.23. The Morgan fingerprint density at radius 2 is 2.05 bits per heavy atom. The minimum Gasteiger partial charge on any atom is -0.321 e. The predicted molar refractivity (Wildman–Crippen MR) is 71.2 cm³/mol. The highest BCUT2D eigenvalue weighted by Crippen LogP contribution is 2.24. The monoisotopic (exact) mass is 274 g/mol. The summed E-state index contributed by atoms with van der Waals surface area (Å²) in [6.45, 7) is 0. The molecule has 1 unspecified atom stereocenters. The Morgan fingerprint density at radius 1 is 1.37 bits per heavy atom. The second kappa shape index (κ2) is 5.63. The molecule has 0 N–H and O–H groups in total. The summed E-state index contributed by atoms with van der Waals surface area (Å²) in [5.74, 6) is -0.700. The maximum absolute atomic E-state index is 12.8. The number of carbonyl (C=O) groups excluding carboxylic acids is 1. The van der Waals surface area contributed by atoms with E-state index in [1.54, 1.807) is 7.05 Å². The zero-order valence-corrected chi connectivity index (χ0v) is 11.0. The van der Waals surface area contributed by atoms with E-state index in [0.717, 1.165) is 4.88 Å². The summed E-state index contributed by atoms with van der Waals surface area (Å²) < 4.78 is 12.8. The van der Waals surface area contributed by atoms with E-state index in [2.05, 4.69) is 6.07 Å². The fourth-order valence-corrected chi connectivity index (χ4v) is 2.51. The van der Waals surface area contributed by atoms with Crippen LogP contribution in [0.25, 0.3) is 0 Å². The van der Waals surface area contributed by atoms with Crippen molar-refractivity contribution in [1.82, 2.24) is 4.90 Å². The smallest absolute Gasteiger partial charge is 0.254 e. The van der Waals surface area contributed by atoms with E-state index in [1.165, 1.54) is 40.5 Å². The Labute approximate surface area is 114 Å². The van der Waals surface area contributed by atoms with Gasteiger partial charge in [0.15, 0.2) is 6.04 Å². The Bertz CT molecular complexity index is 601. The largest absolute Gasteiger partial charge is 0.321 e. The van der Waals surface area contributed by atoms with Crippen LogP contribution in [-0.2, 0) is 0 Å². The van der Waals surface area contributed by atoms with E-state index in [0.29, 0.717) is 5.56 Å². The van der Waals surface area contributed by atoms with Gasteiger partial charge in [0.2, 0.25) is 0 Å². The summed E-state index contributed by atoms with van der Waals surface area (Å²) in [6, 6.07) is 10.4. The van der Waals surface area contributed by atoms with Gasteiger partial charge in [0.1, 0.15) is 5.82 Å². The van der Waals surface area contributed by atoms with Crippen molar-refractivity contribution >= 4 is 17.2 Å². The standard InChI is InChI=1S/C14H11FN2OS/c1-17(12(9-16)13-3-2-8-19-13)14(18)10-4-6-11(15)7-5-10/h2-8,12H,1H3. The number of thiophene rings is 1. The number of nitrogens with zero attached hydrogens (tertiary/aromatic N) is 2. The molecule has 0 bridgehead atoms. The lowest BCUT2D eigenvalue weighted by Gasteiger charge is -2.21. The SMILES string of the molecule is CN(C(=O)c1ccc(F)cc1)C(C#N)c1cccs1. The molecule has 0 aliphatic carbocycles. The third-order valence-electron chi connectivity index (χ3n) is 2.73. The van der Waals surface area contributed by atoms with Crippen molar-refractivity contribution in [3.63, 3.8) is 0 Å². The minimum absolute atomic E-state index is 0.306. The molecule has 1 heterocycles. The van der Waals surface area contributed by atoms with E-state index in [9.17, 15) is 14.4 Å². The number of hydrogen-bond donors (Lipinski definition) is 0. The molecule has 0 radical (unpaired) electrons. The van der Waals surface area contributed by atoms with Crippen LogP contribution in [0.2, 0.25) is 0 Å². The average molecular weight is 274 g/mol. The molecule has 1 aromatic carbocycles. The van der Waals surface area contributed by atoms with Crippen molar-refractivity contribution in [2.75, 3.05) is 7.05 Å². The van der Waals surface area contributed by atoms with Gasteiger partial charge in [-0.25, -0.2) is 4.39 Å². The van der Waals surface area contributed by atoms with Crippen LogP contribution < -0.4 is 0 Å². The van der Waals surface area contributed by atoms with Crippen LogP contribution in [0.1, 0.15) is 21.3 Å². The lowest BCUT2D eigenvalue weighted by atomic mass is 10.1. The highest BCUT2D eigenvalue weighted by atomic mass is 32.1. The van der Waals surface area contributed by atoms with Gasteiger partial charge in [-0.1, -0.05) is 6.07 Å². The van der Waals surface area contributed by atoms with Gasteiger partial charge in [0, 0.05) is 17.5 Å². The van der Waals surface area contributed by atoms with Crippen molar-refractivity contribution in [3.05, 3.63) is 58.0 Å². The third kappa shape index (κ3) is 2.80. The molecule has 0 fully saturated rings. The highest BCUT2D eigenvalue weighted by molar-refractivity contribution is 7.10. The first-order valence-corrected chi connectivity index (χ1v) is 6.47. The van der Waals surface area contributed by atoms with E-state index in [-0.39, 0.29) is 5.91 Å². The van der Waals surface area contributed by atoms with Crippen LogP contribution in [-0.4, -0.2) is 17.9 Å². The summed E-state index contributed by atoms with van der Waals surface area (Å²) in [7, 11) is 1.57. The fraction of sp³-hybridized carbons (Fsp3) is 0.143. The van der Waals surface area contributed by atoms with Crippen LogP contribution in [0.15, 0.2) is 41.8 Å². The lowest BCUT2D eigenvalue weighted by molar-refractivity contribution is 0.0765. The van der Waals surface area contributed by atoms with E-state index >= 15 is 0 Å². The fourth-order valence-electron chi connectivity index (χ4n) is 1.70. The Kier molecular flexibility index (Phi) is 3.93. The first-order valence-electron chi connectivity index (χ1n) is 5.59. The minimum atomic E-state index is -0.627. The number of halogens is 1. The summed E-state index contributed by atoms with van der Waals surface area (Å²) >= 11 is 1.42. The van der Waals surface area contributed by atoms with Gasteiger partial charge in [-0.3, -0.25) is 4.79 Å². The maximum atomic E-state index is 12.8. The second-order valence-electron chi connectivity index (χ2n) is 3.97. The molecule has 5 heteroatoms. The van der Waals surface area contributed by atoms with Gasteiger partial charge in [-0.2, -0.15) is 5.26 Å². The molecule has 2 rings (SSSR count). The van der Waals surface area contributed by atoms with Gasteiger partial charge in [-0.15, -0.1) is 11.3 Å². The van der Waals surface area contributed by atoms with Crippen molar-refractivity contribution in [1.29, 1.82) is 5.26 Å². The van der Waals surface area contributed by atoms with E-state index < -0.39 is 11.9 Å². The maximum Gasteiger partial charge on any atom is 0.254 e. The molecule has 1 atom stereocenters. The van der Waals surface area contributed by atoms with Crippen LogP contribution in [0, 0.1) is 17.1 Å². The number of nitriles is 1. The summed E-state index contributed by atoms with van der Waals surface area (Å²) in [4.78, 5) is 14.4. The van der Waals surface area contributed by atoms with Gasteiger partial charge in [0.05, 0.1) is 6.07 Å². The third-order valence-corrected chi connectivity index (χ3v) is 3.66. The topological polar surface area (TPSA) is 44.1 Å². The molecule has 96 valence electrons. The lowest BCUT2D eigenvalue weighted by Crippen LogP contribution is -2.30. The molecule has 0 saturated carbocycles. The Morgan fingerprint density at radius 3 is 2.58 bits per heavy atom. The molecule has 0 saturated heterocycles. The molecule has 19 heavy (non-hydrogen) atoms. The molecule has 0 spiro atoms. The molecule has 1 amide bonds. The summed E-state index contributed by atoms with van der Waals surface area (Å²) in [6.07, 6.45) is 0. The number of carbonyl (C=O) groups is 1. The zero-order valence-electron chi connectivity index (χ0n) is 10.2. The quantitative estimate of drug-likeness (QED) is 0.862. The van der Waals surface area contributed by atoms with Crippen LogP contribution in [0.4, 0.5) is 4.39 Å². The Hall–Kier alpha value is -2.19. The second-order valence-corrected chi connectivity index (χ2v) is 4.95. The van der Waals surface area contributed by atoms with Crippen molar-refractivity contribution in [2.45, 2.75) is 6.04 Å². The van der Waals surface area contributed by atoms with Gasteiger partial charge in [-0.05, 0) is 35.7 Å². The number of rotatable bonds is 3. The first-order chi connectivity index (χ1) is 9.13. The van der Waals surface area contributed by atoms with E-state index in [1.807, 2.05) is 17.5 Å². The van der Waals surface area contributed by atoms with Crippen LogP contribution in [0.3, 0.4) is 0 Å². The molecule has 1 aromatic heterocycles. The molecular weight excluding hydrogens is 263 g/mol. The van der Waals surface area contributed by atoms with Gasteiger partial charge >= 0.3 is 0 Å². The molecule has 0 aliphatic rings. The van der Waals surface area contributed by atoms with Crippen molar-refractivity contribution in [2.24, 2.45) is 0 Å². The molecule has 2 aromatic rings. The highest BCUT2D eigenvalue weighted by Gasteiger charge is 2.23. The normalized spacial score (nSPS) is 11.6. The van der Waals surface area contributed by atoms with Gasteiger partial charge in [0.25, 0.3) is 5.91 Å². The van der Waals surface area contributed by atoms with Crippen molar-refractivity contribution < 1.29 is 9.18 Å². The van der Waals surface area contributed by atoms with Crippen LogP contribution >= 0.6 is 11.3 Å². The van der Waals surface area contributed by atoms with Crippen molar-refractivity contribution in [3.8, 4) is 6.07 Å². The number of benzene rings is 1. The predicted octanol–water partition coefficient (Wildman–Crippen LogP) is 3.22. The summed E-state index contributed by atoms with van der Waals surface area (Å²) in [5, 5.41) is 11.1. The zero-order chi connectivity index (χ0) is 13.8. The summed E-state index contributed by atoms with van der Waals surface area (Å²) in [5.41, 5.74) is 0.362. The first kappa shape index (κ1) is 13.2. The molecule has 3 nitrogen and oxygen atoms in total. The van der Waals surface area contributed by atoms with E-state index in [4.69, 9.17) is 0 Å². The molecular formula is C14H11FN2OS. The molecule has 0 aliphatic heterocycles.